The topological polar surface area (TPSA) is 131 Å². The van der Waals surface area contributed by atoms with Crippen LogP contribution >= 0.6 is 0 Å². The van der Waals surface area contributed by atoms with Crippen LogP contribution in [0.3, 0.4) is 0 Å². The van der Waals surface area contributed by atoms with Crippen molar-refractivity contribution in [2.45, 2.75) is 19.3 Å². The van der Waals surface area contributed by atoms with E-state index in [1.165, 1.54) is 15.7 Å². The lowest BCUT2D eigenvalue weighted by Gasteiger charge is -2.31. The molecule has 1 unspecified atom stereocenters. The van der Waals surface area contributed by atoms with Crippen LogP contribution in [-0.4, -0.2) is 60.1 Å². The molecule has 3 aromatic heterocycles. The van der Waals surface area contributed by atoms with Crippen LogP contribution in [0.2, 0.25) is 0 Å². The molecule has 29 heavy (non-hydrogen) atoms. The van der Waals surface area contributed by atoms with Gasteiger partial charge in [0, 0.05) is 31.3 Å². The van der Waals surface area contributed by atoms with Crippen molar-refractivity contribution >= 4 is 17.6 Å². The Morgan fingerprint density at radius 2 is 2.21 bits per heavy atom. The number of aromatic hydroxyl groups is 1. The fourth-order valence-corrected chi connectivity index (χ4v) is 3.62. The summed E-state index contributed by atoms with van der Waals surface area (Å²) in [6, 6.07) is 1.75. The zero-order chi connectivity index (χ0) is 20.1. The molecule has 0 aromatic carbocycles. The Kier molecular flexibility index (Phi) is 3.84. The molecule has 0 radical (unpaired) electrons. The van der Waals surface area contributed by atoms with E-state index < -0.39 is 29.2 Å². The largest absolute Gasteiger partial charge is 0.503 e. The first-order valence-corrected chi connectivity index (χ1v) is 8.98. The minimum absolute atomic E-state index is 0.0720. The quantitative estimate of drug-likeness (QED) is 0.601. The van der Waals surface area contributed by atoms with Gasteiger partial charge in [-0.25, -0.2) is 9.97 Å². The van der Waals surface area contributed by atoms with E-state index in [9.17, 15) is 19.5 Å². The van der Waals surface area contributed by atoms with Gasteiger partial charge in [-0.05, 0) is 6.07 Å². The number of pyridine rings is 1. The van der Waals surface area contributed by atoms with Gasteiger partial charge in [-0.1, -0.05) is 0 Å². The molecule has 11 nitrogen and oxygen atoms in total. The average Bonchev–Trinajstić information content (AvgIpc) is 3.35. The molecule has 5 rings (SSSR count). The Morgan fingerprint density at radius 3 is 3.03 bits per heavy atom. The van der Waals surface area contributed by atoms with E-state index in [-0.39, 0.29) is 24.3 Å². The van der Waals surface area contributed by atoms with E-state index in [1.807, 2.05) is 0 Å². The van der Waals surface area contributed by atoms with Gasteiger partial charge in [-0.15, -0.1) is 0 Å². The Morgan fingerprint density at radius 1 is 1.34 bits per heavy atom. The number of carbonyl (C=O) groups excluding carboxylic acids is 2. The zero-order valence-corrected chi connectivity index (χ0v) is 15.1. The Hall–Kier alpha value is -3.73. The Labute approximate surface area is 163 Å². The Bertz CT molecular complexity index is 1180. The minimum atomic E-state index is -0.891. The highest BCUT2D eigenvalue weighted by atomic mass is 16.5. The van der Waals surface area contributed by atoms with Gasteiger partial charge in [0.2, 0.25) is 11.2 Å². The van der Waals surface area contributed by atoms with Crippen LogP contribution in [0.5, 0.6) is 5.75 Å². The number of nitrogens with one attached hydrogen (secondary N) is 1. The van der Waals surface area contributed by atoms with Crippen molar-refractivity contribution in [1.29, 1.82) is 0 Å². The van der Waals surface area contributed by atoms with Crippen molar-refractivity contribution < 1.29 is 19.4 Å². The maximum absolute atomic E-state index is 12.6. The summed E-state index contributed by atoms with van der Waals surface area (Å²) in [6.07, 6.45) is 5.91. The van der Waals surface area contributed by atoms with Crippen molar-refractivity contribution in [2.24, 2.45) is 0 Å². The molecular weight excluding hydrogens is 380 g/mol. The molecule has 3 aromatic rings. The molecule has 0 aliphatic carbocycles. The normalized spacial score (nSPS) is 18.0. The molecule has 2 N–H and O–H groups in total. The molecule has 5 heterocycles. The maximum atomic E-state index is 12.6. The first kappa shape index (κ1) is 17.4. The Balaban J connectivity index is 1.42. The third-order valence-corrected chi connectivity index (χ3v) is 5.02. The molecule has 11 heteroatoms. The van der Waals surface area contributed by atoms with Gasteiger partial charge in [-0.2, -0.15) is 0 Å². The molecule has 1 atom stereocenters. The molecule has 2 aliphatic heterocycles. The lowest BCUT2D eigenvalue weighted by Crippen LogP contribution is -2.46. The van der Waals surface area contributed by atoms with Gasteiger partial charge < -0.3 is 24.6 Å². The molecule has 148 valence electrons. The summed E-state index contributed by atoms with van der Waals surface area (Å²) in [5, 5.41) is 12.9. The number of amides is 2. The summed E-state index contributed by atoms with van der Waals surface area (Å²) in [4.78, 5) is 47.5. The number of aromatic nitrogens is 4. The molecule has 0 saturated carbocycles. The fraction of sp³-hybridized carbons (Fsp3) is 0.278. The second kappa shape index (κ2) is 6.41. The van der Waals surface area contributed by atoms with Gasteiger partial charge in [0.25, 0.3) is 11.8 Å². The average molecular weight is 396 g/mol. The summed E-state index contributed by atoms with van der Waals surface area (Å²) < 4.78 is 8.60. The standard InChI is InChI=1S/C18H16N6O5/c25-14-11(16(27)20-6-10-7-22-3-1-2-19-18(22)21-10)8-23-9-12-24(4-5-29-12)17(28)13(23)15(14)26/h1-3,7-8,12,26H,4-6,9H2,(H,20,27). The lowest BCUT2D eigenvalue weighted by atomic mass is 10.1. The smallest absolute Gasteiger partial charge is 0.276 e. The predicted molar refractivity (Wildman–Crippen MR) is 97.3 cm³/mol. The van der Waals surface area contributed by atoms with Crippen molar-refractivity contribution in [3.8, 4) is 5.75 Å². The number of imidazole rings is 1. The number of hydrogen-bond acceptors (Lipinski definition) is 7. The molecular formula is C18H16N6O5. The van der Waals surface area contributed by atoms with Crippen molar-refractivity contribution in [2.75, 3.05) is 13.2 Å². The van der Waals surface area contributed by atoms with Crippen molar-refractivity contribution in [3.63, 3.8) is 0 Å². The third-order valence-electron chi connectivity index (χ3n) is 5.02. The van der Waals surface area contributed by atoms with Crippen LogP contribution < -0.4 is 10.7 Å². The highest BCUT2D eigenvalue weighted by molar-refractivity contribution is 5.99. The van der Waals surface area contributed by atoms with E-state index in [2.05, 4.69) is 15.3 Å². The van der Waals surface area contributed by atoms with Gasteiger partial charge in [0.05, 0.1) is 25.4 Å². The van der Waals surface area contributed by atoms with Gasteiger partial charge >= 0.3 is 0 Å². The third kappa shape index (κ3) is 2.74. The van der Waals surface area contributed by atoms with Crippen LogP contribution in [0.25, 0.3) is 5.78 Å². The second-order valence-corrected chi connectivity index (χ2v) is 6.79. The molecule has 0 bridgehead atoms. The van der Waals surface area contributed by atoms with E-state index in [0.717, 1.165) is 0 Å². The second-order valence-electron chi connectivity index (χ2n) is 6.79. The first-order valence-electron chi connectivity index (χ1n) is 8.98. The summed E-state index contributed by atoms with van der Waals surface area (Å²) in [5.74, 6) is -1.40. The number of hydrogen-bond donors (Lipinski definition) is 2. The fourth-order valence-electron chi connectivity index (χ4n) is 3.62. The zero-order valence-electron chi connectivity index (χ0n) is 15.1. The number of rotatable bonds is 3. The van der Waals surface area contributed by atoms with Crippen molar-refractivity contribution in [1.82, 2.24) is 29.2 Å². The molecule has 2 aliphatic rings. The summed E-state index contributed by atoms with van der Waals surface area (Å²) in [6.45, 7) is 1.08. The minimum Gasteiger partial charge on any atom is -0.503 e. The van der Waals surface area contributed by atoms with Gasteiger partial charge in [0.15, 0.2) is 17.7 Å². The van der Waals surface area contributed by atoms with Crippen molar-refractivity contribution in [3.05, 3.63) is 58.0 Å². The first-order chi connectivity index (χ1) is 14.0. The van der Waals surface area contributed by atoms with E-state index >= 15 is 0 Å². The molecule has 1 saturated heterocycles. The predicted octanol–water partition coefficient (Wildman–Crippen LogP) is -0.661. The van der Waals surface area contributed by atoms with Crippen LogP contribution in [-0.2, 0) is 17.8 Å². The number of nitrogens with zero attached hydrogens (tertiary/aromatic N) is 5. The van der Waals surface area contributed by atoms with E-state index in [4.69, 9.17) is 4.74 Å². The summed E-state index contributed by atoms with van der Waals surface area (Å²) in [7, 11) is 0. The monoisotopic (exact) mass is 396 g/mol. The van der Waals surface area contributed by atoms with Gasteiger partial charge in [-0.3, -0.25) is 18.8 Å². The molecule has 0 spiro atoms. The maximum Gasteiger partial charge on any atom is 0.276 e. The summed E-state index contributed by atoms with van der Waals surface area (Å²) >= 11 is 0. The molecule has 2 amide bonds. The van der Waals surface area contributed by atoms with E-state index in [0.29, 0.717) is 24.6 Å². The van der Waals surface area contributed by atoms with Crippen LogP contribution in [0, 0.1) is 0 Å². The lowest BCUT2D eigenvalue weighted by molar-refractivity contribution is 0.00845. The highest BCUT2D eigenvalue weighted by Crippen LogP contribution is 2.26. The number of carbonyl (C=O) groups is 2. The molecule has 1 fully saturated rings. The summed E-state index contributed by atoms with van der Waals surface area (Å²) in [5.41, 5.74) is -0.714. The van der Waals surface area contributed by atoms with Crippen LogP contribution in [0.4, 0.5) is 0 Å². The van der Waals surface area contributed by atoms with Crippen LogP contribution in [0.15, 0.2) is 35.6 Å². The van der Waals surface area contributed by atoms with Crippen LogP contribution in [0.1, 0.15) is 26.5 Å². The van der Waals surface area contributed by atoms with E-state index in [1.54, 1.807) is 29.1 Å². The highest BCUT2D eigenvalue weighted by Gasteiger charge is 2.39. The number of fused-ring (bicyclic) bond motifs is 3. The SMILES string of the molecule is O=C(NCc1cn2cccnc2n1)c1cn2c(c(O)c1=O)C(=O)N1CCOC1C2. The van der Waals surface area contributed by atoms with Gasteiger partial charge in [0.1, 0.15) is 5.56 Å². The number of ether oxygens (including phenoxy) is 1.